The summed E-state index contributed by atoms with van der Waals surface area (Å²) in [4.78, 5) is 8.81. The highest BCUT2D eigenvalue weighted by Crippen LogP contribution is 2.33. The van der Waals surface area contributed by atoms with Gasteiger partial charge in [0.15, 0.2) is 5.13 Å². The van der Waals surface area contributed by atoms with E-state index >= 15 is 0 Å². The van der Waals surface area contributed by atoms with Gasteiger partial charge in [0.05, 0.1) is 31.8 Å². The van der Waals surface area contributed by atoms with Crippen LogP contribution in [0.3, 0.4) is 0 Å². The van der Waals surface area contributed by atoms with E-state index in [1.165, 1.54) is 16.9 Å². The Hall–Kier alpha value is -2.60. The number of benzene rings is 1. The van der Waals surface area contributed by atoms with Crippen LogP contribution < -0.4 is 14.8 Å². The molecule has 5 nitrogen and oxygen atoms in total. The number of anilines is 2. The molecule has 3 aromatic rings. The third kappa shape index (κ3) is 3.43. The van der Waals surface area contributed by atoms with Crippen molar-refractivity contribution in [2.24, 2.45) is 0 Å². The van der Waals surface area contributed by atoms with Crippen LogP contribution in [0.25, 0.3) is 11.3 Å². The van der Waals surface area contributed by atoms with Crippen LogP contribution in [0.4, 0.5) is 10.8 Å². The Morgan fingerprint density at radius 3 is 2.65 bits per heavy atom. The maximum atomic E-state index is 5.43. The van der Waals surface area contributed by atoms with Crippen LogP contribution in [-0.4, -0.2) is 24.2 Å². The predicted octanol–water partition coefficient (Wildman–Crippen LogP) is 4.27. The lowest BCUT2D eigenvalue weighted by atomic mass is 10.1. The molecular formula is C17H17N3O2S. The summed E-state index contributed by atoms with van der Waals surface area (Å²) in [5.41, 5.74) is 3.91. The van der Waals surface area contributed by atoms with Gasteiger partial charge in [-0.3, -0.25) is 0 Å². The normalized spacial score (nSPS) is 10.4. The molecule has 0 atom stereocenters. The van der Waals surface area contributed by atoms with E-state index < -0.39 is 0 Å². The second kappa shape index (κ2) is 6.66. The van der Waals surface area contributed by atoms with Crippen LogP contribution >= 0.6 is 11.3 Å². The number of hydrogen-bond donors (Lipinski definition) is 1. The largest absolute Gasteiger partial charge is 0.496 e. The molecule has 2 aromatic heterocycles. The standard InChI is InChI=1S/C17H17N3O2S/c1-11-4-6-15(21-2)13(8-11)14-10-23-17(20-14)19-12-5-7-16(22-3)18-9-12/h4-10H,1-3H3,(H,19,20). The molecule has 0 aliphatic heterocycles. The number of aromatic nitrogens is 2. The average Bonchev–Trinajstić information content (AvgIpc) is 3.04. The minimum atomic E-state index is 0.583. The van der Waals surface area contributed by atoms with Crippen molar-refractivity contribution in [1.82, 2.24) is 9.97 Å². The molecule has 0 amide bonds. The topological polar surface area (TPSA) is 56.3 Å². The van der Waals surface area contributed by atoms with Crippen molar-refractivity contribution in [2.45, 2.75) is 6.92 Å². The van der Waals surface area contributed by atoms with E-state index in [0.29, 0.717) is 5.88 Å². The molecule has 1 N–H and O–H groups in total. The van der Waals surface area contributed by atoms with Crippen LogP contribution in [-0.2, 0) is 0 Å². The lowest BCUT2D eigenvalue weighted by Crippen LogP contribution is -1.93. The first-order valence-corrected chi connectivity index (χ1v) is 7.95. The Bertz CT molecular complexity index is 800. The molecule has 0 unspecified atom stereocenters. The maximum absolute atomic E-state index is 5.43. The first-order valence-electron chi connectivity index (χ1n) is 7.07. The lowest BCUT2D eigenvalue weighted by Gasteiger charge is -2.07. The molecule has 0 saturated heterocycles. The fraction of sp³-hybridized carbons (Fsp3) is 0.176. The van der Waals surface area contributed by atoms with Gasteiger partial charge in [-0.15, -0.1) is 11.3 Å². The van der Waals surface area contributed by atoms with E-state index in [-0.39, 0.29) is 0 Å². The maximum Gasteiger partial charge on any atom is 0.213 e. The summed E-state index contributed by atoms with van der Waals surface area (Å²) < 4.78 is 10.5. The van der Waals surface area contributed by atoms with E-state index in [1.54, 1.807) is 26.5 Å². The zero-order chi connectivity index (χ0) is 16.2. The summed E-state index contributed by atoms with van der Waals surface area (Å²) in [6.45, 7) is 2.05. The van der Waals surface area contributed by atoms with Gasteiger partial charge in [0, 0.05) is 17.0 Å². The minimum Gasteiger partial charge on any atom is -0.496 e. The predicted molar refractivity (Wildman–Crippen MR) is 92.9 cm³/mol. The van der Waals surface area contributed by atoms with E-state index in [2.05, 4.69) is 28.3 Å². The third-order valence-corrected chi connectivity index (χ3v) is 4.09. The van der Waals surface area contributed by atoms with E-state index in [4.69, 9.17) is 9.47 Å². The Morgan fingerprint density at radius 2 is 1.96 bits per heavy atom. The van der Waals surface area contributed by atoms with Gasteiger partial charge in [-0.1, -0.05) is 11.6 Å². The number of aryl methyl sites for hydroxylation is 1. The fourth-order valence-electron chi connectivity index (χ4n) is 2.18. The summed E-state index contributed by atoms with van der Waals surface area (Å²) >= 11 is 1.54. The molecule has 3 rings (SSSR count). The van der Waals surface area contributed by atoms with Gasteiger partial charge < -0.3 is 14.8 Å². The second-order valence-electron chi connectivity index (χ2n) is 4.96. The summed E-state index contributed by atoms with van der Waals surface area (Å²) in [6, 6.07) is 9.77. The van der Waals surface area contributed by atoms with Gasteiger partial charge >= 0.3 is 0 Å². The van der Waals surface area contributed by atoms with Crippen molar-refractivity contribution in [2.75, 3.05) is 19.5 Å². The van der Waals surface area contributed by atoms with Gasteiger partial charge in [-0.25, -0.2) is 9.97 Å². The number of nitrogens with one attached hydrogen (secondary N) is 1. The molecule has 0 aliphatic rings. The molecule has 2 heterocycles. The smallest absolute Gasteiger partial charge is 0.213 e. The van der Waals surface area contributed by atoms with Crippen molar-refractivity contribution < 1.29 is 9.47 Å². The Labute approximate surface area is 138 Å². The molecular weight excluding hydrogens is 310 g/mol. The third-order valence-electron chi connectivity index (χ3n) is 3.33. The zero-order valence-corrected chi connectivity index (χ0v) is 14.0. The van der Waals surface area contributed by atoms with E-state index in [9.17, 15) is 0 Å². The van der Waals surface area contributed by atoms with Crippen LogP contribution in [0, 0.1) is 6.92 Å². The monoisotopic (exact) mass is 327 g/mol. The summed E-state index contributed by atoms with van der Waals surface area (Å²) in [5.74, 6) is 1.40. The highest BCUT2D eigenvalue weighted by molar-refractivity contribution is 7.14. The van der Waals surface area contributed by atoms with Crippen LogP contribution in [0.15, 0.2) is 41.9 Å². The highest BCUT2D eigenvalue weighted by Gasteiger charge is 2.10. The van der Waals surface area contributed by atoms with Crippen LogP contribution in [0.1, 0.15) is 5.56 Å². The lowest BCUT2D eigenvalue weighted by molar-refractivity contribution is 0.398. The Balaban J connectivity index is 1.84. The first-order chi connectivity index (χ1) is 11.2. The van der Waals surface area contributed by atoms with Crippen LogP contribution in [0.2, 0.25) is 0 Å². The average molecular weight is 327 g/mol. The first kappa shape index (κ1) is 15.3. The van der Waals surface area contributed by atoms with Crippen molar-refractivity contribution in [3.63, 3.8) is 0 Å². The molecule has 1 aromatic carbocycles. The van der Waals surface area contributed by atoms with Gasteiger partial charge in [0.25, 0.3) is 0 Å². The molecule has 0 radical (unpaired) electrons. The van der Waals surface area contributed by atoms with Crippen molar-refractivity contribution >= 4 is 22.2 Å². The molecule has 6 heteroatoms. The fourth-order valence-corrected chi connectivity index (χ4v) is 2.91. The summed E-state index contributed by atoms with van der Waals surface area (Å²) in [6.07, 6.45) is 1.72. The second-order valence-corrected chi connectivity index (χ2v) is 5.81. The molecule has 23 heavy (non-hydrogen) atoms. The Kier molecular flexibility index (Phi) is 4.43. The van der Waals surface area contributed by atoms with Gasteiger partial charge in [0.2, 0.25) is 5.88 Å². The molecule has 0 aliphatic carbocycles. The molecule has 0 bridgehead atoms. The van der Waals surface area contributed by atoms with Crippen molar-refractivity contribution in [3.05, 3.63) is 47.5 Å². The Morgan fingerprint density at radius 1 is 1.09 bits per heavy atom. The van der Waals surface area contributed by atoms with E-state index in [0.717, 1.165) is 27.8 Å². The molecule has 0 fully saturated rings. The summed E-state index contributed by atoms with van der Waals surface area (Å²) in [7, 11) is 3.26. The number of rotatable bonds is 5. The van der Waals surface area contributed by atoms with Crippen LogP contribution in [0.5, 0.6) is 11.6 Å². The number of nitrogens with zero attached hydrogens (tertiary/aromatic N) is 2. The quantitative estimate of drug-likeness (QED) is 0.758. The van der Waals surface area contributed by atoms with E-state index in [1.807, 2.05) is 23.6 Å². The zero-order valence-electron chi connectivity index (χ0n) is 13.2. The molecule has 0 spiro atoms. The van der Waals surface area contributed by atoms with Gasteiger partial charge in [-0.05, 0) is 25.1 Å². The van der Waals surface area contributed by atoms with Crippen molar-refractivity contribution in [1.29, 1.82) is 0 Å². The molecule has 118 valence electrons. The summed E-state index contributed by atoms with van der Waals surface area (Å²) in [5, 5.41) is 6.06. The number of methoxy groups -OCH3 is 2. The SMILES string of the molecule is COc1ccc(Nc2nc(-c3cc(C)ccc3OC)cs2)cn1. The highest BCUT2D eigenvalue weighted by atomic mass is 32.1. The van der Waals surface area contributed by atoms with Crippen molar-refractivity contribution in [3.8, 4) is 22.9 Å². The number of thiazole rings is 1. The van der Waals surface area contributed by atoms with Gasteiger partial charge in [0.1, 0.15) is 5.75 Å². The minimum absolute atomic E-state index is 0.583. The number of ether oxygens (including phenoxy) is 2. The van der Waals surface area contributed by atoms with Gasteiger partial charge in [-0.2, -0.15) is 0 Å². The number of hydrogen-bond acceptors (Lipinski definition) is 6. The molecule has 0 saturated carbocycles. The number of pyridine rings is 1.